The van der Waals surface area contributed by atoms with Crippen molar-refractivity contribution in [2.75, 3.05) is 18.4 Å². The molecule has 0 saturated carbocycles. The van der Waals surface area contributed by atoms with Crippen LogP contribution in [0.2, 0.25) is 0 Å². The Morgan fingerprint density at radius 1 is 1.30 bits per heavy atom. The summed E-state index contributed by atoms with van der Waals surface area (Å²) in [6, 6.07) is 5.35. The molecule has 2 amide bonds. The van der Waals surface area contributed by atoms with Crippen LogP contribution in [-0.4, -0.2) is 34.5 Å². The predicted octanol–water partition coefficient (Wildman–Crippen LogP) is 3.64. The van der Waals surface area contributed by atoms with E-state index in [1.54, 1.807) is 0 Å². The Labute approximate surface area is 137 Å². The second kappa shape index (κ2) is 5.89. The highest BCUT2D eigenvalue weighted by molar-refractivity contribution is 5.93. The first-order valence-electron chi connectivity index (χ1n) is 8.27. The molecule has 0 radical (unpaired) electrons. The number of urea groups is 1. The van der Waals surface area contributed by atoms with Crippen LogP contribution in [-0.2, 0) is 0 Å². The molecule has 0 atom stereocenters. The Kier molecular flexibility index (Phi) is 4.06. The predicted molar refractivity (Wildman–Crippen MR) is 94.8 cm³/mol. The van der Waals surface area contributed by atoms with Gasteiger partial charge in [0.25, 0.3) is 0 Å². The van der Waals surface area contributed by atoms with E-state index in [9.17, 15) is 4.79 Å². The van der Waals surface area contributed by atoms with E-state index >= 15 is 0 Å². The SMILES string of the molecule is CC(C)(C)N1CCC(c2c[nH]c3ccc(NC(N)=O)cc23)CC1. The summed E-state index contributed by atoms with van der Waals surface area (Å²) in [4.78, 5) is 17.0. The van der Waals surface area contributed by atoms with Crippen molar-refractivity contribution in [3.63, 3.8) is 0 Å². The number of likely N-dealkylation sites (tertiary alicyclic amines) is 1. The summed E-state index contributed by atoms with van der Waals surface area (Å²) in [6.45, 7) is 9.09. The fraction of sp³-hybridized carbons (Fsp3) is 0.500. The van der Waals surface area contributed by atoms with Gasteiger partial charge in [-0.2, -0.15) is 0 Å². The zero-order valence-corrected chi connectivity index (χ0v) is 14.1. The molecule has 5 nitrogen and oxygen atoms in total. The average Bonchev–Trinajstić information content (AvgIpc) is 2.89. The highest BCUT2D eigenvalue weighted by Crippen LogP contribution is 2.35. The quantitative estimate of drug-likeness (QED) is 0.791. The lowest BCUT2D eigenvalue weighted by Crippen LogP contribution is -2.45. The summed E-state index contributed by atoms with van der Waals surface area (Å²) in [5, 5.41) is 3.85. The van der Waals surface area contributed by atoms with Crippen molar-refractivity contribution in [3.8, 4) is 0 Å². The fourth-order valence-corrected chi connectivity index (χ4v) is 3.56. The van der Waals surface area contributed by atoms with Gasteiger partial charge < -0.3 is 16.0 Å². The molecule has 1 aliphatic rings. The van der Waals surface area contributed by atoms with E-state index in [1.807, 2.05) is 18.2 Å². The van der Waals surface area contributed by atoms with Crippen LogP contribution in [0.5, 0.6) is 0 Å². The van der Waals surface area contributed by atoms with Gasteiger partial charge >= 0.3 is 6.03 Å². The molecule has 3 rings (SSSR count). The molecule has 1 fully saturated rings. The number of aromatic amines is 1. The van der Waals surface area contributed by atoms with Crippen LogP contribution in [0.25, 0.3) is 10.9 Å². The molecule has 0 bridgehead atoms. The number of carbonyl (C=O) groups is 1. The van der Waals surface area contributed by atoms with Crippen LogP contribution >= 0.6 is 0 Å². The van der Waals surface area contributed by atoms with Crippen molar-refractivity contribution in [1.82, 2.24) is 9.88 Å². The van der Waals surface area contributed by atoms with Crippen LogP contribution in [0.3, 0.4) is 0 Å². The summed E-state index contributed by atoms with van der Waals surface area (Å²) in [5.41, 5.74) is 8.66. The third-order valence-corrected chi connectivity index (χ3v) is 4.86. The summed E-state index contributed by atoms with van der Waals surface area (Å²) in [7, 11) is 0. The van der Waals surface area contributed by atoms with Crippen molar-refractivity contribution in [2.24, 2.45) is 5.73 Å². The fourth-order valence-electron chi connectivity index (χ4n) is 3.56. The van der Waals surface area contributed by atoms with E-state index in [-0.39, 0.29) is 5.54 Å². The maximum absolute atomic E-state index is 11.1. The standard InChI is InChI=1S/C18H26N4O/c1-18(2,3)22-8-6-12(7-9-22)15-11-20-16-5-4-13(10-14(15)16)21-17(19)23/h4-5,10-12,20H,6-9H2,1-3H3,(H3,19,21,23). The van der Waals surface area contributed by atoms with Crippen molar-refractivity contribution in [1.29, 1.82) is 0 Å². The number of benzene rings is 1. The van der Waals surface area contributed by atoms with E-state index in [4.69, 9.17) is 5.73 Å². The third-order valence-electron chi connectivity index (χ3n) is 4.86. The van der Waals surface area contributed by atoms with Crippen molar-refractivity contribution in [2.45, 2.75) is 45.1 Å². The van der Waals surface area contributed by atoms with Gasteiger partial charge in [0.2, 0.25) is 0 Å². The Balaban J connectivity index is 1.82. The topological polar surface area (TPSA) is 74.2 Å². The third kappa shape index (κ3) is 3.34. The second-order valence-corrected chi connectivity index (χ2v) is 7.43. The molecule has 4 N–H and O–H groups in total. The molecular weight excluding hydrogens is 288 g/mol. The lowest BCUT2D eigenvalue weighted by molar-refractivity contribution is 0.102. The molecule has 1 saturated heterocycles. The maximum Gasteiger partial charge on any atom is 0.316 e. The number of H-pyrrole nitrogens is 1. The number of hydrogen-bond acceptors (Lipinski definition) is 2. The van der Waals surface area contributed by atoms with Crippen LogP contribution in [0.1, 0.15) is 45.1 Å². The summed E-state index contributed by atoms with van der Waals surface area (Å²) < 4.78 is 0. The van der Waals surface area contributed by atoms with E-state index < -0.39 is 6.03 Å². The minimum Gasteiger partial charge on any atom is -0.361 e. The highest BCUT2D eigenvalue weighted by Gasteiger charge is 2.28. The van der Waals surface area contributed by atoms with Gasteiger partial charge in [-0.15, -0.1) is 0 Å². The zero-order valence-electron chi connectivity index (χ0n) is 14.1. The summed E-state index contributed by atoms with van der Waals surface area (Å²) in [6.07, 6.45) is 4.45. The first kappa shape index (κ1) is 15.9. The van der Waals surface area contributed by atoms with Gasteiger partial charge in [0.1, 0.15) is 0 Å². The van der Waals surface area contributed by atoms with Gasteiger partial charge in [0, 0.05) is 28.3 Å². The van der Waals surface area contributed by atoms with E-state index in [1.165, 1.54) is 10.9 Å². The molecule has 0 aliphatic carbocycles. The van der Waals surface area contributed by atoms with Gasteiger partial charge in [-0.1, -0.05) is 0 Å². The number of hydrogen-bond donors (Lipinski definition) is 3. The number of nitrogens with two attached hydrogens (primary N) is 1. The second-order valence-electron chi connectivity index (χ2n) is 7.43. The van der Waals surface area contributed by atoms with E-state index in [0.29, 0.717) is 5.92 Å². The van der Waals surface area contributed by atoms with Crippen LogP contribution in [0.15, 0.2) is 24.4 Å². The van der Waals surface area contributed by atoms with Crippen LogP contribution in [0, 0.1) is 0 Å². The number of primary amides is 1. The minimum absolute atomic E-state index is 0.240. The number of amides is 2. The lowest BCUT2D eigenvalue weighted by atomic mass is 9.87. The number of nitrogens with one attached hydrogen (secondary N) is 2. The smallest absolute Gasteiger partial charge is 0.316 e. The van der Waals surface area contributed by atoms with Crippen LogP contribution < -0.4 is 11.1 Å². The normalized spacial score (nSPS) is 17.5. The Morgan fingerprint density at radius 3 is 2.61 bits per heavy atom. The number of fused-ring (bicyclic) bond motifs is 1. The lowest BCUT2D eigenvalue weighted by Gasteiger charge is -2.40. The van der Waals surface area contributed by atoms with E-state index in [0.717, 1.165) is 37.1 Å². The van der Waals surface area contributed by atoms with E-state index in [2.05, 4.69) is 42.2 Å². The van der Waals surface area contributed by atoms with Crippen LogP contribution in [0.4, 0.5) is 10.5 Å². The molecular formula is C18H26N4O. The largest absolute Gasteiger partial charge is 0.361 e. The van der Waals surface area contributed by atoms with Gasteiger partial charge in [-0.25, -0.2) is 4.79 Å². The Morgan fingerprint density at radius 2 is 2.00 bits per heavy atom. The Bertz CT molecular complexity index is 705. The maximum atomic E-state index is 11.1. The van der Waals surface area contributed by atoms with Crippen molar-refractivity contribution in [3.05, 3.63) is 30.0 Å². The molecule has 5 heteroatoms. The number of carbonyl (C=O) groups excluding carboxylic acids is 1. The number of rotatable bonds is 2. The monoisotopic (exact) mass is 314 g/mol. The minimum atomic E-state index is -0.528. The number of anilines is 1. The van der Waals surface area contributed by atoms with Gasteiger partial charge in [0.15, 0.2) is 0 Å². The zero-order chi connectivity index (χ0) is 16.6. The average molecular weight is 314 g/mol. The van der Waals surface area contributed by atoms with Gasteiger partial charge in [-0.05, 0) is 76.4 Å². The first-order chi connectivity index (χ1) is 10.8. The molecule has 23 heavy (non-hydrogen) atoms. The molecule has 1 aliphatic heterocycles. The molecule has 0 spiro atoms. The molecule has 1 aromatic heterocycles. The highest BCUT2D eigenvalue weighted by atomic mass is 16.2. The van der Waals surface area contributed by atoms with Crippen molar-refractivity contribution >= 4 is 22.6 Å². The first-order valence-corrected chi connectivity index (χ1v) is 8.27. The Hall–Kier alpha value is -2.01. The summed E-state index contributed by atoms with van der Waals surface area (Å²) in [5.74, 6) is 0.561. The number of aromatic nitrogens is 1. The summed E-state index contributed by atoms with van der Waals surface area (Å²) >= 11 is 0. The molecule has 2 aromatic rings. The van der Waals surface area contributed by atoms with Gasteiger partial charge in [-0.3, -0.25) is 4.90 Å². The molecule has 1 aromatic carbocycles. The number of piperidine rings is 1. The van der Waals surface area contributed by atoms with Gasteiger partial charge in [0.05, 0.1) is 0 Å². The number of nitrogens with zero attached hydrogens (tertiary/aromatic N) is 1. The molecule has 124 valence electrons. The molecule has 0 unspecified atom stereocenters. The molecule has 2 heterocycles. The van der Waals surface area contributed by atoms with Crippen molar-refractivity contribution < 1.29 is 4.79 Å².